The van der Waals surface area contributed by atoms with Crippen molar-refractivity contribution in [3.63, 3.8) is 0 Å². The quantitative estimate of drug-likeness (QED) is 0.591. The fraction of sp³-hybridized carbons (Fsp3) is 0.538. The minimum atomic E-state index is -3.14. The van der Waals surface area contributed by atoms with Gasteiger partial charge in [0.05, 0.1) is 10.2 Å². The van der Waals surface area contributed by atoms with Gasteiger partial charge >= 0.3 is 0 Å². The maximum Gasteiger partial charge on any atom is 0.273 e. The molecular weight excluding hydrogens is 280 g/mol. The van der Waals surface area contributed by atoms with E-state index in [1.165, 1.54) is 12.3 Å². The molecule has 0 aliphatic rings. The highest BCUT2D eigenvalue weighted by Gasteiger charge is 2.26. The number of benzene rings is 1. The van der Waals surface area contributed by atoms with E-state index >= 15 is 0 Å². The molecule has 20 heavy (non-hydrogen) atoms. The summed E-state index contributed by atoms with van der Waals surface area (Å²) < 4.78 is 23.1. The predicted octanol–water partition coefficient (Wildman–Crippen LogP) is 1.85. The molecule has 7 heteroatoms. The Kier molecular flexibility index (Phi) is 5.24. The van der Waals surface area contributed by atoms with Crippen LogP contribution in [0.5, 0.6) is 0 Å². The van der Waals surface area contributed by atoms with E-state index in [2.05, 4.69) is 0 Å². The van der Waals surface area contributed by atoms with E-state index in [0.717, 1.165) is 0 Å². The van der Waals surface area contributed by atoms with Crippen LogP contribution in [0.25, 0.3) is 0 Å². The molecule has 6 nitrogen and oxygen atoms in total. The van der Waals surface area contributed by atoms with Crippen LogP contribution in [-0.4, -0.2) is 42.8 Å². The van der Waals surface area contributed by atoms with Crippen LogP contribution in [0.15, 0.2) is 24.3 Å². The van der Waals surface area contributed by atoms with Gasteiger partial charge in [0.2, 0.25) is 0 Å². The minimum Gasteiger partial charge on any atom is -0.298 e. The monoisotopic (exact) mass is 300 g/mol. The lowest BCUT2D eigenvalue weighted by Gasteiger charge is -2.28. The summed E-state index contributed by atoms with van der Waals surface area (Å²) >= 11 is 0. The van der Waals surface area contributed by atoms with Crippen molar-refractivity contribution in [1.82, 2.24) is 4.90 Å². The smallest absolute Gasteiger partial charge is 0.273 e. The minimum absolute atomic E-state index is 0.0542. The molecule has 0 spiro atoms. The van der Waals surface area contributed by atoms with Crippen LogP contribution in [0.2, 0.25) is 0 Å². The zero-order chi connectivity index (χ0) is 15.5. The molecule has 0 saturated carbocycles. The fourth-order valence-corrected chi connectivity index (χ4v) is 2.87. The van der Waals surface area contributed by atoms with Crippen molar-refractivity contribution in [2.24, 2.45) is 0 Å². The number of sulfone groups is 1. The number of rotatable bonds is 6. The van der Waals surface area contributed by atoms with Gasteiger partial charge in [0.1, 0.15) is 0 Å². The second-order valence-corrected chi connectivity index (χ2v) is 7.48. The molecule has 1 aromatic rings. The van der Waals surface area contributed by atoms with Crippen LogP contribution in [0.3, 0.4) is 0 Å². The molecule has 0 amide bonds. The number of nitro groups is 1. The van der Waals surface area contributed by atoms with Gasteiger partial charge in [-0.05, 0) is 20.9 Å². The summed E-state index contributed by atoms with van der Waals surface area (Å²) in [4.78, 5) is 12.3. The summed E-state index contributed by atoms with van der Waals surface area (Å²) in [6.45, 7) is 3.79. The number of para-hydroxylation sites is 1. The Morgan fingerprint density at radius 3 is 2.35 bits per heavy atom. The first kappa shape index (κ1) is 16.6. The van der Waals surface area contributed by atoms with Crippen LogP contribution in [0, 0.1) is 10.1 Å². The van der Waals surface area contributed by atoms with E-state index in [4.69, 9.17) is 0 Å². The van der Waals surface area contributed by atoms with E-state index in [1.807, 2.05) is 4.90 Å². The highest BCUT2D eigenvalue weighted by molar-refractivity contribution is 7.91. The normalized spacial score (nSPS) is 15.1. The van der Waals surface area contributed by atoms with Gasteiger partial charge in [-0.15, -0.1) is 0 Å². The molecule has 0 bridgehead atoms. The van der Waals surface area contributed by atoms with Crippen molar-refractivity contribution in [3.05, 3.63) is 39.9 Å². The average molecular weight is 300 g/mol. The van der Waals surface area contributed by atoms with Crippen LogP contribution in [0.1, 0.15) is 19.4 Å². The Morgan fingerprint density at radius 2 is 1.85 bits per heavy atom. The molecule has 0 unspecified atom stereocenters. The van der Waals surface area contributed by atoms with Crippen molar-refractivity contribution in [1.29, 1.82) is 0 Å². The lowest BCUT2D eigenvalue weighted by Crippen LogP contribution is -2.40. The van der Waals surface area contributed by atoms with Gasteiger partial charge in [-0.2, -0.15) is 0 Å². The molecular formula is C13H20N2O4S. The molecule has 0 aromatic heterocycles. The van der Waals surface area contributed by atoms with Gasteiger partial charge in [-0.25, -0.2) is 8.42 Å². The molecule has 0 aliphatic carbocycles. The van der Waals surface area contributed by atoms with Crippen LogP contribution >= 0.6 is 0 Å². The summed E-state index contributed by atoms with van der Waals surface area (Å²) in [7, 11) is -1.37. The molecule has 2 atom stereocenters. The highest BCUT2D eigenvalue weighted by Crippen LogP contribution is 2.21. The van der Waals surface area contributed by atoms with E-state index in [1.54, 1.807) is 39.1 Å². The van der Waals surface area contributed by atoms with Gasteiger partial charge in [-0.1, -0.05) is 18.2 Å². The lowest BCUT2D eigenvalue weighted by atomic mass is 10.1. The molecule has 0 radical (unpaired) electrons. The molecule has 0 aliphatic heterocycles. The van der Waals surface area contributed by atoms with E-state index in [-0.39, 0.29) is 11.7 Å². The molecule has 1 rings (SSSR count). The molecule has 0 heterocycles. The second-order valence-electron chi connectivity index (χ2n) is 5.08. The van der Waals surface area contributed by atoms with Gasteiger partial charge in [-0.3, -0.25) is 15.0 Å². The summed E-state index contributed by atoms with van der Waals surface area (Å²) in [5.41, 5.74) is 0.631. The number of nitro benzene ring substituents is 1. The van der Waals surface area contributed by atoms with Crippen molar-refractivity contribution in [2.75, 3.05) is 13.3 Å². The van der Waals surface area contributed by atoms with Gasteiger partial charge in [0.15, 0.2) is 9.84 Å². The van der Waals surface area contributed by atoms with Crippen LogP contribution < -0.4 is 0 Å². The third kappa shape index (κ3) is 4.01. The Hall–Kier alpha value is -1.47. The molecule has 0 N–H and O–H groups in total. The Morgan fingerprint density at radius 1 is 1.30 bits per heavy atom. The highest BCUT2D eigenvalue weighted by atomic mass is 32.2. The predicted molar refractivity (Wildman–Crippen MR) is 78.3 cm³/mol. The molecule has 112 valence electrons. The average Bonchev–Trinajstić information content (AvgIpc) is 2.36. The first-order valence-electron chi connectivity index (χ1n) is 6.26. The third-order valence-electron chi connectivity index (χ3n) is 3.66. The SMILES string of the molecule is C[C@H]([C@H](C)N(C)Cc1ccccc1[N+](=O)[O-])S(C)(=O)=O. The first-order valence-corrected chi connectivity index (χ1v) is 8.21. The zero-order valence-electron chi connectivity index (χ0n) is 12.1. The Labute approximate surface area is 119 Å². The van der Waals surface area contributed by atoms with Gasteiger partial charge in [0.25, 0.3) is 5.69 Å². The van der Waals surface area contributed by atoms with Crippen LogP contribution in [-0.2, 0) is 16.4 Å². The largest absolute Gasteiger partial charge is 0.298 e. The van der Waals surface area contributed by atoms with E-state index < -0.39 is 20.0 Å². The van der Waals surface area contributed by atoms with Crippen molar-refractivity contribution in [2.45, 2.75) is 31.7 Å². The Balaban J connectivity index is 2.91. The van der Waals surface area contributed by atoms with Crippen LogP contribution in [0.4, 0.5) is 5.69 Å². The summed E-state index contributed by atoms with van der Waals surface area (Å²) in [5.74, 6) is 0. The summed E-state index contributed by atoms with van der Waals surface area (Å²) in [6.07, 6.45) is 1.20. The fourth-order valence-electron chi connectivity index (χ4n) is 1.95. The van der Waals surface area contributed by atoms with Gasteiger partial charge < -0.3 is 0 Å². The summed E-state index contributed by atoms with van der Waals surface area (Å²) in [6, 6.07) is 6.26. The molecule has 0 saturated heterocycles. The second kappa shape index (κ2) is 6.32. The zero-order valence-corrected chi connectivity index (χ0v) is 12.9. The van der Waals surface area contributed by atoms with E-state index in [0.29, 0.717) is 12.1 Å². The van der Waals surface area contributed by atoms with Gasteiger partial charge in [0, 0.05) is 30.5 Å². The number of nitrogens with zero attached hydrogens (tertiary/aromatic N) is 2. The maximum absolute atomic E-state index is 11.6. The third-order valence-corrected chi connectivity index (χ3v) is 5.40. The Bertz CT molecular complexity index is 586. The number of hydrogen-bond donors (Lipinski definition) is 0. The summed E-state index contributed by atoms with van der Waals surface area (Å²) in [5, 5.41) is 10.4. The first-order chi connectivity index (χ1) is 9.14. The van der Waals surface area contributed by atoms with Crippen molar-refractivity contribution < 1.29 is 13.3 Å². The standard InChI is InChI=1S/C13H20N2O4S/c1-10(11(2)20(4,18)19)14(3)9-12-7-5-6-8-13(12)15(16)17/h5-8,10-11H,9H2,1-4H3/t10-,11+/m0/s1. The topological polar surface area (TPSA) is 80.5 Å². The van der Waals surface area contributed by atoms with Crippen molar-refractivity contribution in [3.8, 4) is 0 Å². The lowest BCUT2D eigenvalue weighted by molar-refractivity contribution is -0.385. The molecule has 1 aromatic carbocycles. The van der Waals surface area contributed by atoms with Crippen molar-refractivity contribution >= 4 is 15.5 Å². The maximum atomic E-state index is 11.6. The number of hydrogen-bond acceptors (Lipinski definition) is 5. The van der Waals surface area contributed by atoms with E-state index in [9.17, 15) is 18.5 Å². The molecule has 0 fully saturated rings.